The molecule has 8 nitrogen and oxygen atoms in total. The molecule has 110 valence electrons. The maximum atomic E-state index is 12.2. The van der Waals surface area contributed by atoms with Gasteiger partial charge in [-0.15, -0.1) is 5.10 Å². The van der Waals surface area contributed by atoms with E-state index in [1.165, 1.54) is 0 Å². The van der Waals surface area contributed by atoms with E-state index in [1.54, 1.807) is 11.8 Å². The van der Waals surface area contributed by atoms with Gasteiger partial charge in [0.25, 0.3) is 5.91 Å². The number of amides is 1. The van der Waals surface area contributed by atoms with Gasteiger partial charge in [-0.1, -0.05) is 0 Å². The van der Waals surface area contributed by atoms with Gasteiger partial charge in [-0.25, -0.2) is 4.98 Å². The van der Waals surface area contributed by atoms with E-state index in [4.69, 9.17) is 5.11 Å². The molecule has 8 heteroatoms. The van der Waals surface area contributed by atoms with Gasteiger partial charge in [0.15, 0.2) is 0 Å². The van der Waals surface area contributed by atoms with Crippen molar-refractivity contribution in [3.05, 3.63) is 11.6 Å². The average molecular weight is 281 g/mol. The van der Waals surface area contributed by atoms with Gasteiger partial charge in [-0.2, -0.15) is 0 Å². The summed E-state index contributed by atoms with van der Waals surface area (Å²) in [5, 5.41) is 18.0. The van der Waals surface area contributed by atoms with Crippen molar-refractivity contribution in [2.45, 2.75) is 19.8 Å². The Labute approximate surface area is 116 Å². The number of aliphatic carboxylic acids is 1. The summed E-state index contributed by atoms with van der Waals surface area (Å²) >= 11 is 0. The minimum atomic E-state index is -0.870. The molecule has 2 heterocycles. The molecule has 0 spiro atoms. The minimum absolute atomic E-state index is 0.0510. The van der Waals surface area contributed by atoms with Gasteiger partial charge in [0, 0.05) is 19.6 Å². The maximum absolute atomic E-state index is 12.2. The molecule has 1 atom stereocenters. The summed E-state index contributed by atoms with van der Waals surface area (Å²) in [7, 11) is 0. The second kappa shape index (κ2) is 6.47. The number of rotatable bonds is 5. The Balaban J connectivity index is 1.86. The lowest BCUT2D eigenvalue weighted by Gasteiger charge is -2.32. The Morgan fingerprint density at radius 3 is 3.00 bits per heavy atom. The van der Waals surface area contributed by atoms with E-state index in [2.05, 4.69) is 20.5 Å². The fourth-order valence-electron chi connectivity index (χ4n) is 2.38. The lowest BCUT2D eigenvalue weighted by Crippen LogP contribution is -2.43. The monoisotopic (exact) mass is 281 g/mol. The molecule has 1 aliphatic rings. The Kier molecular flexibility index (Phi) is 4.67. The maximum Gasteiger partial charge on any atom is 0.317 e. The number of carbonyl (C=O) groups excluding carboxylic acids is 1. The quantitative estimate of drug-likeness (QED) is 0.679. The topological polar surface area (TPSA) is 111 Å². The summed E-state index contributed by atoms with van der Waals surface area (Å²) in [6.45, 7) is 3.60. The van der Waals surface area contributed by atoms with Crippen LogP contribution in [0.4, 0.5) is 0 Å². The zero-order valence-electron chi connectivity index (χ0n) is 11.4. The molecule has 0 aromatic carbocycles. The predicted molar refractivity (Wildman–Crippen MR) is 70.3 cm³/mol. The molecular weight excluding hydrogens is 262 g/mol. The SMILES string of the molecule is Cc1nc(C(=O)N2CCCC(CNCC(=O)O)C2)n[nH]1. The number of carboxylic acids is 1. The van der Waals surface area contributed by atoms with Crippen LogP contribution in [0.15, 0.2) is 0 Å². The highest BCUT2D eigenvalue weighted by atomic mass is 16.4. The lowest BCUT2D eigenvalue weighted by molar-refractivity contribution is -0.136. The third kappa shape index (κ3) is 3.77. The second-order valence-corrected chi connectivity index (χ2v) is 5.03. The number of aromatic nitrogens is 3. The van der Waals surface area contributed by atoms with Crippen LogP contribution in [0.25, 0.3) is 0 Å². The van der Waals surface area contributed by atoms with Crippen LogP contribution in [0, 0.1) is 12.8 Å². The fraction of sp³-hybridized carbons (Fsp3) is 0.667. The molecular formula is C12H19N5O3. The molecule has 1 aliphatic heterocycles. The van der Waals surface area contributed by atoms with Crippen LogP contribution in [0.5, 0.6) is 0 Å². The number of carboxylic acid groups (broad SMARTS) is 1. The zero-order valence-corrected chi connectivity index (χ0v) is 11.4. The summed E-state index contributed by atoms with van der Waals surface area (Å²) < 4.78 is 0. The standard InChI is InChI=1S/C12H19N5O3/c1-8-14-11(16-15-8)12(20)17-4-2-3-9(7-17)5-13-6-10(18)19/h9,13H,2-7H2,1H3,(H,18,19)(H,14,15,16). The van der Waals surface area contributed by atoms with Crippen molar-refractivity contribution >= 4 is 11.9 Å². The summed E-state index contributed by atoms with van der Waals surface area (Å²) in [4.78, 5) is 28.4. The third-order valence-corrected chi connectivity index (χ3v) is 3.30. The molecule has 1 amide bonds. The molecule has 1 saturated heterocycles. The fourth-order valence-corrected chi connectivity index (χ4v) is 2.38. The first-order chi connectivity index (χ1) is 9.56. The largest absolute Gasteiger partial charge is 0.480 e. The van der Waals surface area contributed by atoms with Crippen molar-refractivity contribution in [3.63, 3.8) is 0 Å². The van der Waals surface area contributed by atoms with Crippen LogP contribution in [0.1, 0.15) is 29.3 Å². The number of likely N-dealkylation sites (tertiary alicyclic amines) is 1. The number of aromatic amines is 1. The highest BCUT2D eigenvalue weighted by Crippen LogP contribution is 2.17. The van der Waals surface area contributed by atoms with Gasteiger partial charge in [-0.05, 0) is 25.7 Å². The predicted octanol–water partition coefficient (Wildman–Crippen LogP) is -0.360. The molecule has 0 radical (unpaired) electrons. The van der Waals surface area contributed by atoms with Crippen molar-refractivity contribution < 1.29 is 14.7 Å². The van der Waals surface area contributed by atoms with Crippen molar-refractivity contribution in [3.8, 4) is 0 Å². The van der Waals surface area contributed by atoms with Crippen LogP contribution in [0.2, 0.25) is 0 Å². The van der Waals surface area contributed by atoms with E-state index in [0.29, 0.717) is 25.5 Å². The Morgan fingerprint density at radius 2 is 2.35 bits per heavy atom. The van der Waals surface area contributed by atoms with Crippen LogP contribution < -0.4 is 5.32 Å². The molecule has 0 aliphatic carbocycles. The lowest BCUT2D eigenvalue weighted by atomic mass is 9.98. The molecule has 1 aromatic heterocycles. The number of piperidine rings is 1. The second-order valence-electron chi connectivity index (χ2n) is 5.03. The summed E-state index contributed by atoms with van der Waals surface area (Å²) in [6.07, 6.45) is 1.90. The zero-order chi connectivity index (χ0) is 14.5. The number of hydrogen-bond acceptors (Lipinski definition) is 5. The Morgan fingerprint density at radius 1 is 1.55 bits per heavy atom. The Hall–Kier alpha value is -1.96. The van der Waals surface area contributed by atoms with Crippen LogP contribution >= 0.6 is 0 Å². The number of nitrogens with zero attached hydrogens (tertiary/aromatic N) is 3. The van der Waals surface area contributed by atoms with Crippen LogP contribution in [0.3, 0.4) is 0 Å². The molecule has 0 saturated carbocycles. The van der Waals surface area contributed by atoms with Crippen molar-refractivity contribution in [2.75, 3.05) is 26.2 Å². The van der Waals surface area contributed by atoms with E-state index in [1.807, 2.05) is 0 Å². The van der Waals surface area contributed by atoms with Gasteiger partial charge >= 0.3 is 5.97 Å². The smallest absolute Gasteiger partial charge is 0.317 e. The van der Waals surface area contributed by atoms with Crippen LogP contribution in [-0.2, 0) is 4.79 Å². The molecule has 20 heavy (non-hydrogen) atoms. The van der Waals surface area contributed by atoms with E-state index in [0.717, 1.165) is 12.8 Å². The number of aryl methyl sites for hydroxylation is 1. The Bertz CT molecular complexity index is 487. The molecule has 0 bridgehead atoms. The highest BCUT2D eigenvalue weighted by molar-refractivity contribution is 5.90. The number of H-pyrrole nitrogens is 1. The first kappa shape index (κ1) is 14.4. The molecule has 1 fully saturated rings. The van der Waals surface area contributed by atoms with Crippen molar-refractivity contribution in [2.24, 2.45) is 5.92 Å². The van der Waals surface area contributed by atoms with E-state index < -0.39 is 5.97 Å². The molecule has 2 rings (SSSR count). The molecule has 3 N–H and O–H groups in total. The normalized spacial score (nSPS) is 19.1. The van der Waals surface area contributed by atoms with Crippen LogP contribution in [-0.4, -0.2) is 63.2 Å². The third-order valence-electron chi connectivity index (χ3n) is 3.30. The van der Waals surface area contributed by atoms with Gasteiger partial charge in [0.05, 0.1) is 6.54 Å². The molecule has 1 unspecified atom stereocenters. The first-order valence-corrected chi connectivity index (χ1v) is 6.67. The van der Waals surface area contributed by atoms with E-state index in [-0.39, 0.29) is 24.2 Å². The number of carbonyl (C=O) groups is 2. The summed E-state index contributed by atoms with van der Waals surface area (Å²) in [6, 6.07) is 0. The average Bonchev–Trinajstić information content (AvgIpc) is 2.84. The van der Waals surface area contributed by atoms with Gasteiger partial charge in [0.2, 0.25) is 5.82 Å². The van der Waals surface area contributed by atoms with Gasteiger partial charge in [0.1, 0.15) is 5.82 Å². The van der Waals surface area contributed by atoms with Gasteiger partial charge in [-0.3, -0.25) is 14.7 Å². The minimum Gasteiger partial charge on any atom is -0.480 e. The van der Waals surface area contributed by atoms with E-state index >= 15 is 0 Å². The highest BCUT2D eigenvalue weighted by Gasteiger charge is 2.26. The summed E-state index contributed by atoms with van der Waals surface area (Å²) in [5.41, 5.74) is 0. The van der Waals surface area contributed by atoms with Crippen molar-refractivity contribution in [1.29, 1.82) is 0 Å². The first-order valence-electron chi connectivity index (χ1n) is 6.67. The van der Waals surface area contributed by atoms with Gasteiger partial charge < -0.3 is 15.3 Å². The summed E-state index contributed by atoms with van der Waals surface area (Å²) in [5.74, 6) is 0.0426. The van der Waals surface area contributed by atoms with E-state index in [9.17, 15) is 9.59 Å². The van der Waals surface area contributed by atoms with Crippen molar-refractivity contribution in [1.82, 2.24) is 25.4 Å². The number of nitrogens with one attached hydrogen (secondary N) is 2. The number of hydrogen-bond donors (Lipinski definition) is 3. The molecule has 1 aromatic rings.